The molecular weight excluding hydrogens is 316 g/mol. The summed E-state index contributed by atoms with van der Waals surface area (Å²) in [4.78, 5) is 4.64. The number of hydrogen-bond acceptors (Lipinski definition) is 3. The van der Waals surface area contributed by atoms with Crippen LogP contribution in [0.4, 0.5) is 0 Å². The van der Waals surface area contributed by atoms with Gasteiger partial charge >= 0.3 is 0 Å². The van der Waals surface area contributed by atoms with Gasteiger partial charge in [0.2, 0.25) is 5.89 Å². The number of halogens is 1. The number of aromatic nitrogens is 1. The van der Waals surface area contributed by atoms with Crippen LogP contribution < -0.4 is 5.32 Å². The van der Waals surface area contributed by atoms with Crippen molar-refractivity contribution < 1.29 is 4.42 Å². The van der Waals surface area contributed by atoms with Crippen LogP contribution in [-0.2, 0) is 6.42 Å². The molecule has 0 saturated heterocycles. The van der Waals surface area contributed by atoms with Gasteiger partial charge in [0.1, 0.15) is 11.6 Å². The van der Waals surface area contributed by atoms with Crippen LogP contribution in [0, 0.1) is 0 Å². The van der Waals surface area contributed by atoms with Gasteiger partial charge in [-0.05, 0) is 45.6 Å². The molecule has 0 bridgehead atoms. The summed E-state index contributed by atoms with van der Waals surface area (Å²) in [6.07, 6.45) is 1.05. The van der Waals surface area contributed by atoms with Gasteiger partial charge in [-0.2, -0.15) is 0 Å². The Hall–Kier alpha value is -1.65. The molecule has 0 spiro atoms. The zero-order chi connectivity index (χ0) is 13.5. The zero-order valence-electron chi connectivity index (χ0n) is 10.8. The lowest BCUT2D eigenvalue weighted by atomic mass is 9.94. The van der Waals surface area contributed by atoms with Gasteiger partial charge in [-0.3, -0.25) is 0 Å². The average molecular weight is 329 g/mol. The second kappa shape index (κ2) is 4.72. The molecule has 4 rings (SSSR count). The molecule has 1 aliphatic heterocycles. The van der Waals surface area contributed by atoms with E-state index >= 15 is 0 Å². The second-order valence-electron chi connectivity index (χ2n) is 4.98. The molecule has 1 atom stereocenters. The zero-order valence-corrected chi connectivity index (χ0v) is 12.4. The van der Waals surface area contributed by atoms with Gasteiger partial charge in [-0.1, -0.05) is 30.3 Å². The van der Waals surface area contributed by atoms with Gasteiger partial charge in [0.25, 0.3) is 0 Å². The van der Waals surface area contributed by atoms with Crippen LogP contribution in [0.3, 0.4) is 0 Å². The van der Waals surface area contributed by atoms with Crippen molar-refractivity contribution >= 4 is 27.0 Å². The summed E-state index contributed by atoms with van der Waals surface area (Å²) < 4.78 is 6.92. The maximum atomic E-state index is 5.97. The van der Waals surface area contributed by atoms with E-state index in [2.05, 4.69) is 50.5 Å². The lowest BCUT2D eigenvalue weighted by molar-refractivity contribution is 0.439. The van der Waals surface area contributed by atoms with Crippen molar-refractivity contribution in [3.63, 3.8) is 0 Å². The van der Waals surface area contributed by atoms with Crippen LogP contribution in [0.5, 0.6) is 0 Å². The Morgan fingerprint density at radius 3 is 2.95 bits per heavy atom. The lowest BCUT2D eigenvalue weighted by Gasteiger charge is -2.24. The molecule has 20 heavy (non-hydrogen) atoms. The molecule has 3 aromatic rings. The fraction of sp³-hybridized carbons (Fsp3) is 0.188. The van der Waals surface area contributed by atoms with Gasteiger partial charge in [-0.25, -0.2) is 4.98 Å². The average Bonchev–Trinajstić information content (AvgIpc) is 2.92. The fourth-order valence-electron chi connectivity index (χ4n) is 2.78. The van der Waals surface area contributed by atoms with E-state index in [1.165, 1.54) is 11.1 Å². The monoisotopic (exact) mass is 328 g/mol. The van der Waals surface area contributed by atoms with E-state index in [0.717, 1.165) is 34.4 Å². The molecule has 0 aliphatic carbocycles. The van der Waals surface area contributed by atoms with E-state index in [1.807, 2.05) is 18.2 Å². The van der Waals surface area contributed by atoms with Crippen molar-refractivity contribution in [3.8, 4) is 0 Å². The Labute approximate surface area is 125 Å². The predicted octanol–water partition coefficient (Wildman–Crippen LogP) is 3.83. The SMILES string of the molecule is Brc1cccc2nc(C3NCCc4ccccc43)oc12. The summed E-state index contributed by atoms with van der Waals surface area (Å²) in [5.74, 6) is 0.735. The standard InChI is InChI=1S/C16H13BrN2O/c17-12-6-3-7-13-15(12)20-16(19-13)14-11-5-2-1-4-10(11)8-9-18-14/h1-7,14,18H,8-9H2. The predicted molar refractivity (Wildman–Crippen MR) is 81.7 cm³/mol. The molecule has 100 valence electrons. The summed E-state index contributed by atoms with van der Waals surface area (Å²) in [5.41, 5.74) is 4.34. The quantitative estimate of drug-likeness (QED) is 0.737. The van der Waals surface area contributed by atoms with Crippen molar-refractivity contribution in [1.29, 1.82) is 0 Å². The molecule has 1 aliphatic rings. The largest absolute Gasteiger partial charge is 0.437 e. The normalized spacial score (nSPS) is 18.1. The summed E-state index contributed by atoms with van der Waals surface area (Å²) >= 11 is 3.51. The Morgan fingerprint density at radius 1 is 1.15 bits per heavy atom. The summed E-state index contributed by atoms with van der Waals surface area (Å²) in [6, 6.07) is 14.4. The highest BCUT2D eigenvalue weighted by Crippen LogP contribution is 2.32. The first-order chi connectivity index (χ1) is 9.83. The molecule has 0 radical (unpaired) electrons. The summed E-state index contributed by atoms with van der Waals surface area (Å²) in [7, 11) is 0. The highest BCUT2D eigenvalue weighted by molar-refractivity contribution is 9.10. The smallest absolute Gasteiger partial charge is 0.217 e. The number of benzene rings is 2. The third-order valence-corrected chi connectivity index (χ3v) is 4.36. The number of nitrogens with one attached hydrogen (secondary N) is 1. The Bertz CT molecular complexity index is 781. The minimum Gasteiger partial charge on any atom is -0.437 e. The Balaban J connectivity index is 1.86. The van der Waals surface area contributed by atoms with Crippen LogP contribution in [-0.4, -0.2) is 11.5 Å². The van der Waals surface area contributed by atoms with Crippen LogP contribution in [0.15, 0.2) is 51.4 Å². The van der Waals surface area contributed by atoms with Crippen molar-refractivity contribution in [3.05, 3.63) is 64.0 Å². The number of hydrogen-bond donors (Lipinski definition) is 1. The molecule has 4 heteroatoms. The first-order valence-corrected chi connectivity index (χ1v) is 7.48. The Kier molecular flexibility index (Phi) is 2.86. The number of fused-ring (bicyclic) bond motifs is 2. The molecule has 1 unspecified atom stereocenters. The minimum absolute atomic E-state index is 0.0410. The van der Waals surface area contributed by atoms with E-state index in [-0.39, 0.29) is 6.04 Å². The maximum absolute atomic E-state index is 5.97. The highest BCUT2D eigenvalue weighted by Gasteiger charge is 2.25. The molecule has 0 saturated carbocycles. The first kappa shape index (κ1) is 12.1. The molecule has 2 aromatic carbocycles. The first-order valence-electron chi connectivity index (χ1n) is 6.69. The molecule has 1 N–H and O–H groups in total. The lowest BCUT2D eigenvalue weighted by Crippen LogP contribution is -2.30. The van der Waals surface area contributed by atoms with Gasteiger partial charge in [0.05, 0.1) is 4.47 Å². The summed E-state index contributed by atoms with van der Waals surface area (Å²) in [5, 5.41) is 3.50. The third-order valence-electron chi connectivity index (χ3n) is 3.74. The van der Waals surface area contributed by atoms with Gasteiger partial charge in [0, 0.05) is 6.54 Å². The van der Waals surface area contributed by atoms with Crippen LogP contribution in [0.25, 0.3) is 11.1 Å². The van der Waals surface area contributed by atoms with E-state index in [4.69, 9.17) is 4.42 Å². The van der Waals surface area contributed by atoms with E-state index in [9.17, 15) is 0 Å². The number of para-hydroxylation sites is 1. The molecule has 2 heterocycles. The van der Waals surface area contributed by atoms with E-state index in [1.54, 1.807) is 0 Å². The molecule has 0 amide bonds. The van der Waals surface area contributed by atoms with E-state index in [0.29, 0.717) is 0 Å². The fourth-order valence-corrected chi connectivity index (χ4v) is 3.22. The maximum Gasteiger partial charge on any atom is 0.217 e. The third kappa shape index (κ3) is 1.87. The van der Waals surface area contributed by atoms with E-state index < -0.39 is 0 Å². The second-order valence-corrected chi connectivity index (χ2v) is 5.83. The topological polar surface area (TPSA) is 38.1 Å². The minimum atomic E-state index is 0.0410. The number of rotatable bonds is 1. The van der Waals surface area contributed by atoms with Crippen LogP contribution in [0.2, 0.25) is 0 Å². The van der Waals surface area contributed by atoms with Gasteiger partial charge in [0.15, 0.2) is 5.58 Å². The van der Waals surface area contributed by atoms with Crippen molar-refractivity contribution in [2.75, 3.05) is 6.54 Å². The number of nitrogens with zero attached hydrogens (tertiary/aromatic N) is 1. The molecular formula is C16H13BrN2O. The highest BCUT2D eigenvalue weighted by atomic mass is 79.9. The van der Waals surface area contributed by atoms with Crippen LogP contribution >= 0.6 is 15.9 Å². The molecule has 0 fully saturated rings. The Morgan fingerprint density at radius 2 is 2.05 bits per heavy atom. The van der Waals surface area contributed by atoms with Gasteiger partial charge in [-0.15, -0.1) is 0 Å². The molecule has 1 aromatic heterocycles. The van der Waals surface area contributed by atoms with Crippen molar-refractivity contribution in [2.45, 2.75) is 12.5 Å². The van der Waals surface area contributed by atoms with Gasteiger partial charge < -0.3 is 9.73 Å². The van der Waals surface area contributed by atoms with Crippen molar-refractivity contribution in [1.82, 2.24) is 10.3 Å². The van der Waals surface area contributed by atoms with Crippen molar-refractivity contribution in [2.24, 2.45) is 0 Å². The van der Waals surface area contributed by atoms with Crippen LogP contribution in [0.1, 0.15) is 23.1 Å². The molecule has 3 nitrogen and oxygen atoms in total. The number of oxazole rings is 1. The summed E-state index contributed by atoms with van der Waals surface area (Å²) in [6.45, 7) is 0.946.